The molecule has 0 spiro atoms. The van der Waals surface area contributed by atoms with E-state index in [1.807, 2.05) is 56.3 Å². The Hall–Kier alpha value is -4.57. The highest BCUT2D eigenvalue weighted by Gasteiger charge is 2.32. The lowest BCUT2D eigenvalue weighted by Gasteiger charge is -2.31. The molecule has 4 aromatic rings. The zero-order chi connectivity index (χ0) is 28.8. The number of anilines is 1. The number of nitrogens with zero attached hydrogens (tertiary/aromatic N) is 3. The monoisotopic (exact) mass is 570 g/mol. The molecule has 1 N–H and O–H groups in total. The molecule has 0 aliphatic carbocycles. The van der Waals surface area contributed by atoms with Gasteiger partial charge in [-0.25, -0.2) is 9.97 Å². The number of amides is 2. The molecule has 210 valence electrons. The molecule has 41 heavy (non-hydrogen) atoms. The normalized spacial score (nSPS) is 12.5. The summed E-state index contributed by atoms with van der Waals surface area (Å²) in [6.07, 6.45) is 0. The topological polar surface area (TPSA) is 103 Å². The van der Waals surface area contributed by atoms with E-state index >= 15 is 0 Å². The van der Waals surface area contributed by atoms with Crippen molar-refractivity contribution in [2.24, 2.45) is 0 Å². The number of methoxy groups -OCH3 is 1. The molecule has 0 saturated carbocycles. The molecule has 1 unspecified atom stereocenters. The highest BCUT2D eigenvalue weighted by atomic mass is 32.2. The third-order valence-electron chi connectivity index (χ3n) is 6.41. The molecule has 1 aromatic heterocycles. The highest BCUT2D eigenvalue weighted by molar-refractivity contribution is 7.99. The maximum Gasteiger partial charge on any atom is 0.251 e. The van der Waals surface area contributed by atoms with E-state index in [1.54, 1.807) is 48.4 Å². The molecule has 1 aliphatic heterocycles. The van der Waals surface area contributed by atoms with Gasteiger partial charge in [0.05, 0.1) is 12.9 Å². The average molecular weight is 571 g/mol. The number of rotatable bonds is 10. The lowest BCUT2D eigenvalue weighted by molar-refractivity contribution is -0.137. The molecule has 0 radical (unpaired) electrons. The van der Waals surface area contributed by atoms with Gasteiger partial charge in [-0.15, -0.1) is 0 Å². The standard InChI is InChI=1S/C31H30N4O5S/c1-20-14-21(2)33-31(32-20)41-18-28(36)35(17-22-8-5-4-6-9-22)29(23-10-7-11-25(15-23)38-3)30(37)34-24-12-13-26-27(16-24)40-19-39-26/h4-16,29H,17-19H2,1-3H3,(H,34,37). The van der Waals surface area contributed by atoms with E-state index in [9.17, 15) is 9.59 Å². The Kier molecular flexibility index (Phi) is 8.69. The zero-order valence-electron chi connectivity index (χ0n) is 23.0. The molecule has 3 aromatic carbocycles. The number of carbonyl (C=O) groups excluding carboxylic acids is 2. The third-order valence-corrected chi connectivity index (χ3v) is 7.24. The number of thioether (sulfide) groups is 1. The Morgan fingerprint density at radius 2 is 1.71 bits per heavy atom. The number of benzene rings is 3. The van der Waals surface area contributed by atoms with Gasteiger partial charge in [0.15, 0.2) is 16.7 Å². The van der Waals surface area contributed by atoms with Crippen molar-refractivity contribution >= 4 is 29.3 Å². The Labute approximate surface area is 242 Å². The van der Waals surface area contributed by atoms with Crippen molar-refractivity contribution in [1.82, 2.24) is 14.9 Å². The van der Waals surface area contributed by atoms with Crippen molar-refractivity contribution in [2.75, 3.05) is 25.0 Å². The molecule has 9 nitrogen and oxygen atoms in total. The van der Waals surface area contributed by atoms with Crippen LogP contribution in [0.3, 0.4) is 0 Å². The quantitative estimate of drug-likeness (QED) is 0.202. The molecular weight excluding hydrogens is 540 g/mol. The lowest BCUT2D eigenvalue weighted by atomic mass is 10.0. The fourth-order valence-corrected chi connectivity index (χ4v) is 5.38. The largest absolute Gasteiger partial charge is 0.497 e. The van der Waals surface area contributed by atoms with Crippen molar-refractivity contribution in [3.05, 3.63) is 101 Å². The van der Waals surface area contributed by atoms with Gasteiger partial charge in [-0.3, -0.25) is 9.59 Å². The van der Waals surface area contributed by atoms with Gasteiger partial charge < -0.3 is 24.4 Å². The summed E-state index contributed by atoms with van der Waals surface area (Å²) in [7, 11) is 1.56. The summed E-state index contributed by atoms with van der Waals surface area (Å²) in [6.45, 7) is 4.12. The SMILES string of the molecule is COc1cccc(C(C(=O)Nc2ccc3c(c2)OCO3)N(Cc2ccccc2)C(=O)CSc2nc(C)cc(C)n2)c1. The first-order valence-corrected chi connectivity index (χ1v) is 14.0. The van der Waals surface area contributed by atoms with E-state index in [4.69, 9.17) is 14.2 Å². The smallest absolute Gasteiger partial charge is 0.251 e. The second kappa shape index (κ2) is 12.7. The van der Waals surface area contributed by atoms with Crippen molar-refractivity contribution in [3.63, 3.8) is 0 Å². The summed E-state index contributed by atoms with van der Waals surface area (Å²) in [5.41, 5.74) is 3.67. The van der Waals surface area contributed by atoms with Crippen LogP contribution in [0.25, 0.3) is 0 Å². The van der Waals surface area contributed by atoms with E-state index in [2.05, 4.69) is 15.3 Å². The summed E-state index contributed by atoms with van der Waals surface area (Å²) >= 11 is 1.24. The predicted octanol–water partition coefficient (Wildman–Crippen LogP) is 5.33. The number of aryl methyl sites for hydroxylation is 2. The van der Waals surface area contributed by atoms with Gasteiger partial charge in [0.2, 0.25) is 12.7 Å². The van der Waals surface area contributed by atoms with Gasteiger partial charge in [0.25, 0.3) is 5.91 Å². The minimum absolute atomic E-state index is 0.0491. The Balaban J connectivity index is 1.49. The minimum Gasteiger partial charge on any atom is -0.497 e. The average Bonchev–Trinajstić information content (AvgIpc) is 3.44. The van der Waals surface area contributed by atoms with Gasteiger partial charge in [-0.2, -0.15) is 0 Å². The first kappa shape index (κ1) is 28.0. The molecule has 5 rings (SSSR count). The third kappa shape index (κ3) is 6.96. The van der Waals surface area contributed by atoms with Crippen molar-refractivity contribution < 1.29 is 23.8 Å². The Morgan fingerprint density at radius 3 is 2.46 bits per heavy atom. The van der Waals surface area contributed by atoms with Crippen LogP contribution < -0.4 is 19.5 Å². The van der Waals surface area contributed by atoms with Gasteiger partial charge in [0, 0.05) is 29.7 Å². The van der Waals surface area contributed by atoms with Crippen LogP contribution in [-0.2, 0) is 16.1 Å². The maximum atomic E-state index is 14.1. The second-order valence-corrected chi connectivity index (χ2v) is 10.4. The van der Waals surface area contributed by atoms with Crippen LogP contribution in [-0.4, -0.2) is 46.3 Å². The molecule has 0 bridgehead atoms. The zero-order valence-corrected chi connectivity index (χ0v) is 23.8. The number of ether oxygens (including phenoxy) is 3. The van der Waals surface area contributed by atoms with Gasteiger partial charge in [0.1, 0.15) is 11.8 Å². The van der Waals surface area contributed by atoms with Gasteiger partial charge in [-0.05, 0) is 55.3 Å². The van der Waals surface area contributed by atoms with Crippen LogP contribution in [0.15, 0.2) is 84.0 Å². The lowest BCUT2D eigenvalue weighted by Crippen LogP contribution is -2.41. The molecule has 10 heteroatoms. The minimum atomic E-state index is -0.969. The molecule has 1 atom stereocenters. The van der Waals surface area contributed by atoms with Crippen LogP contribution in [0, 0.1) is 13.8 Å². The van der Waals surface area contributed by atoms with Gasteiger partial charge in [-0.1, -0.05) is 54.2 Å². The number of hydrogen-bond donors (Lipinski definition) is 1. The van der Waals surface area contributed by atoms with Crippen molar-refractivity contribution in [1.29, 1.82) is 0 Å². The predicted molar refractivity (Wildman–Crippen MR) is 156 cm³/mol. The summed E-state index contributed by atoms with van der Waals surface area (Å²) in [4.78, 5) is 38.5. The summed E-state index contributed by atoms with van der Waals surface area (Å²) in [5.74, 6) is 1.16. The molecule has 2 heterocycles. The van der Waals surface area contributed by atoms with Crippen LogP contribution in [0.5, 0.6) is 17.2 Å². The van der Waals surface area contributed by atoms with Gasteiger partial charge >= 0.3 is 0 Å². The molecule has 2 amide bonds. The molecule has 0 fully saturated rings. The summed E-state index contributed by atoms with van der Waals surface area (Å²) in [6, 6.07) is 22.9. The number of aromatic nitrogens is 2. The number of fused-ring (bicyclic) bond motifs is 1. The fraction of sp³-hybridized carbons (Fsp3) is 0.226. The van der Waals surface area contributed by atoms with E-state index in [0.717, 1.165) is 17.0 Å². The fourth-order valence-electron chi connectivity index (χ4n) is 4.54. The first-order valence-electron chi connectivity index (χ1n) is 13.0. The second-order valence-electron chi connectivity index (χ2n) is 9.47. The van der Waals surface area contributed by atoms with E-state index < -0.39 is 6.04 Å². The molecule has 0 saturated heterocycles. The van der Waals surface area contributed by atoms with Crippen LogP contribution >= 0.6 is 11.8 Å². The van der Waals surface area contributed by atoms with Crippen molar-refractivity contribution in [3.8, 4) is 17.2 Å². The van der Waals surface area contributed by atoms with E-state index in [0.29, 0.717) is 33.7 Å². The molecular formula is C31H30N4O5S. The first-order chi connectivity index (χ1) is 19.9. The number of nitrogens with one attached hydrogen (secondary N) is 1. The van der Waals surface area contributed by atoms with Crippen molar-refractivity contribution in [2.45, 2.75) is 31.6 Å². The Morgan fingerprint density at radius 1 is 0.951 bits per heavy atom. The summed E-state index contributed by atoms with van der Waals surface area (Å²) < 4.78 is 16.3. The summed E-state index contributed by atoms with van der Waals surface area (Å²) in [5, 5.41) is 3.49. The van der Waals surface area contributed by atoms with Crippen LogP contribution in [0.4, 0.5) is 5.69 Å². The molecule has 1 aliphatic rings. The van der Waals surface area contributed by atoms with Crippen LogP contribution in [0.1, 0.15) is 28.6 Å². The van der Waals surface area contributed by atoms with Crippen LogP contribution in [0.2, 0.25) is 0 Å². The van der Waals surface area contributed by atoms with E-state index in [-0.39, 0.29) is 30.9 Å². The maximum absolute atomic E-state index is 14.1. The highest BCUT2D eigenvalue weighted by Crippen LogP contribution is 2.35. The Bertz CT molecular complexity index is 1530. The number of hydrogen-bond acceptors (Lipinski definition) is 8. The number of carbonyl (C=O) groups is 2. The van der Waals surface area contributed by atoms with E-state index in [1.165, 1.54) is 11.8 Å².